The molecule has 2 rings (SSSR count). The molecule has 1 aliphatic rings. The van der Waals surface area contributed by atoms with Crippen LogP contribution in [0.5, 0.6) is 0 Å². The molecule has 0 radical (unpaired) electrons. The Morgan fingerprint density at radius 2 is 2.06 bits per heavy atom. The van der Waals surface area contributed by atoms with E-state index in [-0.39, 0.29) is 10.6 Å². The van der Waals surface area contributed by atoms with Gasteiger partial charge < -0.3 is 10.6 Å². The topological polar surface area (TPSA) is 75.8 Å². The number of sulfonamides is 1. The fourth-order valence-electron chi connectivity index (χ4n) is 1.81. The van der Waals surface area contributed by atoms with Gasteiger partial charge in [-0.15, -0.1) is 4.40 Å². The van der Waals surface area contributed by atoms with Gasteiger partial charge in [0.25, 0.3) is 10.0 Å². The summed E-state index contributed by atoms with van der Waals surface area (Å²) < 4.78 is 28.0. The Labute approximate surface area is 101 Å². The van der Waals surface area contributed by atoms with E-state index >= 15 is 0 Å². The first kappa shape index (κ1) is 11.9. The molecule has 6 heteroatoms. The van der Waals surface area contributed by atoms with E-state index in [9.17, 15) is 8.42 Å². The molecule has 1 aromatic carbocycles. The van der Waals surface area contributed by atoms with Crippen molar-refractivity contribution in [3.05, 3.63) is 24.3 Å². The van der Waals surface area contributed by atoms with E-state index in [0.29, 0.717) is 12.3 Å². The van der Waals surface area contributed by atoms with Gasteiger partial charge >= 0.3 is 0 Å². The zero-order valence-electron chi connectivity index (χ0n) is 9.63. The van der Waals surface area contributed by atoms with Crippen LogP contribution in [0, 0.1) is 0 Å². The monoisotopic (exact) mass is 253 g/mol. The van der Waals surface area contributed by atoms with Gasteiger partial charge in [0, 0.05) is 20.0 Å². The highest BCUT2D eigenvalue weighted by molar-refractivity contribution is 7.90. The predicted octanol–water partition coefficient (Wildman–Crippen LogP) is 1.08. The van der Waals surface area contributed by atoms with Crippen LogP contribution in [0.25, 0.3) is 0 Å². The van der Waals surface area contributed by atoms with Crippen LogP contribution in [0.4, 0.5) is 5.69 Å². The molecule has 0 aliphatic carbocycles. The second-order valence-electron chi connectivity index (χ2n) is 4.05. The molecule has 1 fully saturated rings. The largest absolute Gasteiger partial charge is 0.398 e. The summed E-state index contributed by atoms with van der Waals surface area (Å²) in [5, 5.41) is 0. The van der Waals surface area contributed by atoms with Crippen LogP contribution in [0.1, 0.15) is 12.8 Å². The van der Waals surface area contributed by atoms with E-state index in [0.717, 1.165) is 13.0 Å². The number of nitrogens with two attached hydrogens (primary N) is 1. The molecule has 0 spiro atoms. The molecule has 0 atom stereocenters. The first-order valence-corrected chi connectivity index (χ1v) is 6.84. The Morgan fingerprint density at radius 1 is 1.35 bits per heavy atom. The predicted molar refractivity (Wildman–Crippen MR) is 67.3 cm³/mol. The average molecular weight is 253 g/mol. The zero-order chi connectivity index (χ0) is 12.5. The van der Waals surface area contributed by atoms with E-state index in [1.807, 2.05) is 11.9 Å². The van der Waals surface area contributed by atoms with Crippen molar-refractivity contribution in [1.29, 1.82) is 0 Å². The lowest BCUT2D eigenvalue weighted by atomic mass is 10.3. The number of likely N-dealkylation sites (tertiary alicyclic amines) is 1. The number of nitrogen functional groups attached to an aromatic ring is 1. The SMILES string of the molecule is CN1CCCC1=NS(=O)(=O)c1ccccc1N. The summed E-state index contributed by atoms with van der Waals surface area (Å²) in [6.07, 6.45) is 1.64. The van der Waals surface area contributed by atoms with Crippen molar-refractivity contribution in [1.82, 2.24) is 4.90 Å². The molecule has 0 aromatic heterocycles. The Morgan fingerprint density at radius 3 is 2.65 bits per heavy atom. The van der Waals surface area contributed by atoms with Crippen LogP contribution in [-0.2, 0) is 10.0 Å². The van der Waals surface area contributed by atoms with Crippen LogP contribution < -0.4 is 5.73 Å². The number of anilines is 1. The molecule has 0 saturated carbocycles. The minimum atomic E-state index is -3.69. The maximum Gasteiger partial charge on any atom is 0.285 e. The van der Waals surface area contributed by atoms with Crippen LogP contribution >= 0.6 is 0 Å². The normalized spacial score (nSPS) is 18.9. The number of nitrogens with zero attached hydrogens (tertiary/aromatic N) is 2. The molecule has 0 unspecified atom stereocenters. The molecular formula is C11H15N3O2S. The van der Waals surface area contributed by atoms with E-state index in [4.69, 9.17) is 5.73 Å². The van der Waals surface area contributed by atoms with Crippen molar-refractivity contribution in [2.75, 3.05) is 19.3 Å². The minimum Gasteiger partial charge on any atom is -0.398 e. The molecule has 0 bridgehead atoms. The summed E-state index contributed by atoms with van der Waals surface area (Å²) in [7, 11) is -1.84. The third-order valence-electron chi connectivity index (χ3n) is 2.76. The lowest BCUT2D eigenvalue weighted by molar-refractivity contribution is 0.548. The molecule has 1 heterocycles. The van der Waals surface area contributed by atoms with Gasteiger partial charge in [-0.2, -0.15) is 8.42 Å². The Balaban J connectivity index is 2.41. The highest BCUT2D eigenvalue weighted by Crippen LogP contribution is 2.21. The van der Waals surface area contributed by atoms with Gasteiger partial charge in [-0.3, -0.25) is 0 Å². The van der Waals surface area contributed by atoms with Gasteiger partial charge in [0.2, 0.25) is 0 Å². The van der Waals surface area contributed by atoms with Crippen molar-refractivity contribution in [2.24, 2.45) is 4.40 Å². The number of hydrogen-bond acceptors (Lipinski definition) is 3. The molecular weight excluding hydrogens is 238 g/mol. The van der Waals surface area contributed by atoms with Gasteiger partial charge in [-0.1, -0.05) is 12.1 Å². The maximum atomic E-state index is 12.1. The van der Waals surface area contributed by atoms with Gasteiger partial charge in [0.1, 0.15) is 10.7 Å². The van der Waals surface area contributed by atoms with Crippen molar-refractivity contribution in [3.8, 4) is 0 Å². The molecule has 1 saturated heterocycles. The highest BCUT2D eigenvalue weighted by Gasteiger charge is 2.21. The van der Waals surface area contributed by atoms with Gasteiger partial charge in [-0.05, 0) is 18.6 Å². The van der Waals surface area contributed by atoms with Crippen LogP contribution in [0.3, 0.4) is 0 Å². The zero-order valence-corrected chi connectivity index (χ0v) is 10.4. The van der Waals surface area contributed by atoms with Gasteiger partial charge in [0.15, 0.2) is 0 Å². The third-order valence-corrected chi connectivity index (χ3v) is 4.14. The van der Waals surface area contributed by atoms with Crippen molar-refractivity contribution in [2.45, 2.75) is 17.7 Å². The minimum absolute atomic E-state index is 0.0767. The quantitative estimate of drug-likeness (QED) is 0.800. The number of rotatable bonds is 2. The Kier molecular flexibility index (Phi) is 3.06. The summed E-state index contributed by atoms with van der Waals surface area (Å²) in [5.41, 5.74) is 5.89. The Bertz CT molecular complexity index is 552. The molecule has 17 heavy (non-hydrogen) atoms. The average Bonchev–Trinajstić information content (AvgIpc) is 2.64. The third kappa shape index (κ3) is 2.41. The molecule has 1 aromatic rings. The lowest BCUT2D eigenvalue weighted by Crippen LogP contribution is -2.20. The maximum absolute atomic E-state index is 12.1. The number of hydrogen-bond donors (Lipinski definition) is 1. The van der Waals surface area contributed by atoms with E-state index in [2.05, 4.69) is 4.40 Å². The van der Waals surface area contributed by atoms with Gasteiger partial charge in [-0.25, -0.2) is 0 Å². The van der Waals surface area contributed by atoms with Crippen LogP contribution in [0.15, 0.2) is 33.6 Å². The Hall–Kier alpha value is -1.56. The lowest BCUT2D eigenvalue weighted by Gasteiger charge is -2.11. The van der Waals surface area contributed by atoms with Crippen molar-refractivity contribution < 1.29 is 8.42 Å². The number of amidine groups is 1. The molecule has 92 valence electrons. The smallest absolute Gasteiger partial charge is 0.285 e. The molecule has 1 aliphatic heterocycles. The summed E-state index contributed by atoms with van der Waals surface area (Å²) in [4.78, 5) is 1.93. The summed E-state index contributed by atoms with van der Waals surface area (Å²) in [6.45, 7) is 0.846. The van der Waals surface area contributed by atoms with Crippen molar-refractivity contribution in [3.63, 3.8) is 0 Å². The standard InChI is InChI=1S/C11H15N3O2S/c1-14-8-4-7-11(14)13-17(15,16)10-6-3-2-5-9(10)12/h2-3,5-6H,4,7-8,12H2,1H3. The fraction of sp³-hybridized carbons (Fsp3) is 0.364. The van der Waals surface area contributed by atoms with E-state index in [1.165, 1.54) is 6.07 Å². The number of benzene rings is 1. The second-order valence-corrected chi connectivity index (χ2v) is 5.62. The first-order valence-electron chi connectivity index (χ1n) is 5.40. The fourth-order valence-corrected chi connectivity index (χ4v) is 3.04. The molecule has 0 amide bonds. The first-order chi connectivity index (χ1) is 8.00. The summed E-state index contributed by atoms with van der Waals surface area (Å²) in [5.74, 6) is 0.605. The molecule has 2 N–H and O–H groups in total. The second kappa shape index (κ2) is 4.37. The summed E-state index contributed by atoms with van der Waals surface area (Å²) in [6, 6.07) is 6.38. The van der Waals surface area contributed by atoms with Crippen LogP contribution in [0.2, 0.25) is 0 Å². The highest BCUT2D eigenvalue weighted by atomic mass is 32.2. The van der Waals surface area contributed by atoms with E-state index < -0.39 is 10.0 Å². The molecule has 5 nitrogen and oxygen atoms in total. The summed E-state index contributed by atoms with van der Waals surface area (Å²) >= 11 is 0. The van der Waals surface area contributed by atoms with E-state index in [1.54, 1.807) is 18.2 Å². The van der Waals surface area contributed by atoms with Gasteiger partial charge in [0.05, 0.1) is 5.69 Å². The van der Waals surface area contributed by atoms with Crippen molar-refractivity contribution >= 4 is 21.5 Å². The number of para-hydroxylation sites is 1. The van der Waals surface area contributed by atoms with Crippen LogP contribution in [-0.4, -0.2) is 32.7 Å².